The Morgan fingerprint density at radius 2 is 1.79 bits per heavy atom. The summed E-state index contributed by atoms with van der Waals surface area (Å²) in [7, 11) is -3.79. The van der Waals surface area contributed by atoms with Crippen LogP contribution in [0.3, 0.4) is 0 Å². The molecule has 2 N–H and O–H groups in total. The molecule has 0 aliphatic heterocycles. The molecule has 0 radical (unpaired) electrons. The molecule has 7 nitrogen and oxygen atoms in total. The average molecular weight is 439 g/mol. The maximum atomic E-state index is 12.5. The van der Waals surface area contributed by atoms with Gasteiger partial charge in [0.1, 0.15) is 0 Å². The Morgan fingerprint density at radius 3 is 2.43 bits per heavy atom. The third kappa shape index (κ3) is 5.03. The van der Waals surface area contributed by atoms with Gasteiger partial charge in [0.25, 0.3) is 10.0 Å². The summed E-state index contributed by atoms with van der Waals surface area (Å²) < 4.78 is 29.1. The molecule has 0 aliphatic rings. The van der Waals surface area contributed by atoms with Crippen molar-refractivity contribution < 1.29 is 13.2 Å². The number of halogens is 2. The van der Waals surface area contributed by atoms with E-state index in [-0.39, 0.29) is 10.8 Å². The zero-order chi connectivity index (χ0) is 20.3. The van der Waals surface area contributed by atoms with Gasteiger partial charge in [0.05, 0.1) is 33.4 Å². The van der Waals surface area contributed by atoms with Crippen molar-refractivity contribution in [2.24, 2.45) is 0 Å². The Hall–Kier alpha value is -2.55. The van der Waals surface area contributed by atoms with Gasteiger partial charge in [-0.3, -0.25) is 14.2 Å². The molecule has 3 aromatic rings. The van der Waals surface area contributed by atoms with Gasteiger partial charge < -0.3 is 5.32 Å². The fourth-order valence-corrected chi connectivity index (χ4v) is 3.81. The predicted molar refractivity (Wildman–Crippen MR) is 109 cm³/mol. The fraction of sp³-hybridized carbons (Fsp3) is 0.111. The molecule has 3 rings (SSSR count). The number of anilines is 2. The summed E-state index contributed by atoms with van der Waals surface area (Å²) in [6, 6.07) is 11.1. The van der Waals surface area contributed by atoms with Crippen molar-refractivity contribution in [3.63, 3.8) is 0 Å². The monoisotopic (exact) mass is 438 g/mol. The van der Waals surface area contributed by atoms with E-state index in [1.807, 2.05) is 6.07 Å². The van der Waals surface area contributed by atoms with Crippen LogP contribution in [-0.2, 0) is 21.4 Å². The maximum Gasteiger partial charge on any atom is 0.261 e. The molecule has 10 heteroatoms. The molecule has 0 fully saturated rings. The van der Waals surface area contributed by atoms with Gasteiger partial charge in [-0.2, -0.15) is 5.10 Å². The van der Waals surface area contributed by atoms with Crippen LogP contribution in [0, 0.1) is 0 Å². The quantitative estimate of drug-likeness (QED) is 0.607. The summed E-state index contributed by atoms with van der Waals surface area (Å²) in [4.78, 5) is 11.1. The zero-order valence-corrected chi connectivity index (χ0v) is 17.0. The van der Waals surface area contributed by atoms with E-state index in [0.717, 1.165) is 5.56 Å². The Balaban J connectivity index is 1.71. The van der Waals surface area contributed by atoms with Gasteiger partial charge in [-0.05, 0) is 42.0 Å². The van der Waals surface area contributed by atoms with E-state index in [1.165, 1.54) is 37.4 Å². The van der Waals surface area contributed by atoms with E-state index in [2.05, 4.69) is 15.1 Å². The molecule has 146 valence electrons. The first-order valence-corrected chi connectivity index (χ1v) is 10.3. The van der Waals surface area contributed by atoms with Crippen molar-refractivity contribution in [2.45, 2.75) is 18.4 Å². The number of nitrogens with one attached hydrogen (secondary N) is 2. The van der Waals surface area contributed by atoms with Gasteiger partial charge in [0.15, 0.2) is 0 Å². The molecule has 0 bridgehead atoms. The zero-order valence-electron chi connectivity index (χ0n) is 14.7. The summed E-state index contributed by atoms with van der Waals surface area (Å²) in [5, 5.41) is 7.64. The number of hydrogen-bond acceptors (Lipinski definition) is 4. The van der Waals surface area contributed by atoms with E-state index in [1.54, 1.807) is 23.0 Å². The van der Waals surface area contributed by atoms with Crippen molar-refractivity contribution in [3.05, 3.63) is 70.5 Å². The molecule has 2 aromatic carbocycles. The second-order valence-corrected chi connectivity index (χ2v) is 8.48. The minimum absolute atomic E-state index is 0.0684. The standard InChI is InChI=1S/C18H16Cl2N4O3S/c1-12(25)22-14-3-5-16(6-4-14)28(26,27)23-15-9-21-24(11-15)10-13-2-7-17(19)18(20)8-13/h2-9,11,23H,10H2,1H3,(H,22,25). The van der Waals surface area contributed by atoms with E-state index in [4.69, 9.17) is 23.2 Å². The second-order valence-electron chi connectivity index (χ2n) is 5.99. The number of nitrogens with zero attached hydrogens (tertiary/aromatic N) is 2. The molecule has 1 aromatic heterocycles. The van der Waals surface area contributed by atoms with Crippen molar-refractivity contribution in [1.29, 1.82) is 0 Å². The van der Waals surface area contributed by atoms with E-state index in [9.17, 15) is 13.2 Å². The first kappa shape index (κ1) is 20.2. The Kier molecular flexibility index (Phi) is 5.93. The van der Waals surface area contributed by atoms with Crippen molar-refractivity contribution in [3.8, 4) is 0 Å². The van der Waals surface area contributed by atoms with E-state index in [0.29, 0.717) is 28.0 Å². The second kappa shape index (κ2) is 8.22. The number of carbonyl (C=O) groups excluding carboxylic acids is 1. The highest BCUT2D eigenvalue weighted by Gasteiger charge is 2.15. The molecular formula is C18H16Cl2N4O3S. The number of carbonyl (C=O) groups is 1. The predicted octanol–water partition coefficient (Wildman–Crippen LogP) is 4.00. The minimum Gasteiger partial charge on any atom is -0.326 e. The maximum absolute atomic E-state index is 12.5. The van der Waals surface area contributed by atoms with E-state index < -0.39 is 10.0 Å². The SMILES string of the molecule is CC(=O)Nc1ccc(S(=O)(=O)Nc2cnn(Cc3ccc(Cl)c(Cl)c3)c2)cc1. The first-order chi connectivity index (χ1) is 13.2. The third-order valence-electron chi connectivity index (χ3n) is 3.70. The first-order valence-electron chi connectivity index (χ1n) is 8.10. The number of hydrogen-bond donors (Lipinski definition) is 2. The molecule has 0 saturated carbocycles. The van der Waals surface area contributed by atoms with E-state index >= 15 is 0 Å². The number of rotatable bonds is 6. The third-order valence-corrected chi connectivity index (χ3v) is 5.84. The molecule has 0 saturated heterocycles. The lowest BCUT2D eigenvalue weighted by Crippen LogP contribution is -2.13. The molecule has 0 unspecified atom stereocenters. The van der Waals surface area contributed by atoms with Gasteiger partial charge in [0, 0.05) is 18.8 Å². The van der Waals surface area contributed by atoms with Crippen LogP contribution in [0.4, 0.5) is 11.4 Å². The van der Waals surface area contributed by atoms with Crippen LogP contribution in [0.25, 0.3) is 0 Å². The van der Waals surface area contributed by atoms with Crippen LogP contribution in [0.5, 0.6) is 0 Å². The summed E-state index contributed by atoms with van der Waals surface area (Å²) >= 11 is 11.9. The number of benzene rings is 2. The van der Waals surface area contributed by atoms with Crippen LogP contribution in [0.1, 0.15) is 12.5 Å². The highest BCUT2D eigenvalue weighted by molar-refractivity contribution is 7.92. The molecule has 1 amide bonds. The lowest BCUT2D eigenvalue weighted by molar-refractivity contribution is -0.114. The van der Waals surface area contributed by atoms with Gasteiger partial charge in [0.2, 0.25) is 5.91 Å². The molecule has 0 aliphatic carbocycles. The van der Waals surface area contributed by atoms with Crippen molar-refractivity contribution >= 4 is 50.5 Å². The van der Waals surface area contributed by atoms with Crippen LogP contribution < -0.4 is 10.0 Å². The molecule has 0 spiro atoms. The molecule has 28 heavy (non-hydrogen) atoms. The highest BCUT2D eigenvalue weighted by Crippen LogP contribution is 2.23. The number of amides is 1. The molecule has 0 atom stereocenters. The van der Waals surface area contributed by atoms with Crippen LogP contribution in [0.2, 0.25) is 10.0 Å². The van der Waals surface area contributed by atoms with Gasteiger partial charge in [-0.1, -0.05) is 29.3 Å². The van der Waals surface area contributed by atoms with Crippen LogP contribution in [0.15, 0.2) is 59.8 Å². The smallest absolute Gasteiger partial charge is 0.261 e. The summed E-state index contributed by atoms with van der Waals surface area (Å²) in [5.74, 6) is -0.233. The molecule has 1 heterocycles. The van der Waals surface area contributed by atoms with Crippen LogP contribution in [-0.4, -0.2) is 24.1 Å². The summed E-state index contributed by atoms with van der Waals surface area (Å²) in [6.07, 6.45) is 2.99. The lowest BCUT2D eigenvalue weighted by atomic mass is 10.2. The molecular weight excluding hydrogens is 423 g/mol. The van der Waals surface area contributed by atoms with Gasteiger partial charge in [-0.25, -0.2) is 8.42 Å². The number of aromatic nitrogens is 2. The summed E-state index contributed by atoms with van der Waals surface area (Å²) in [6.45, 7) is 1.78. The highest BCUT2D eigenvalue weighted by atomic mass is 35.5. The van der Waals surface area contributed by atoms with Crippen molar-refractivity contribution in [1.82, 2.24) is 9.78 Å². The Bertz CT molecular complexity index is 1110. The van der Waals surface area contributed by atoms with Crippen molar-refractivity contribution in [2.75, 3.05) is 10.0 Å². The normalized spacial score (nSPS) is 11.2. The van der Waals surface area contributed by atoms with Crippen LogP contribution >= 0.6 is 23.2 Å². The topological polar surface area (TPSA) is 93.1 Å². The fourth-order valence-electron chi connectivity index (χ4n) is 2.46. The Morgan fingerprint density at radius 1 is 1.07 bits per heavy atom. The Labute approximate surface area is 172 Å². The number of sulfonamides is 1. The van der Waals surface area contributed by atoms with Gasteiger partial charge >= 0.3 is 0 Å². The summed E-state index contributed by atoms with van der Waals surface area (Å²) in [5.41, 5.74) is 1.72. The lowest BCUT2D eigenvalue weighted by Gasteiger charge is -2.07. The average Bonchev–Trinajstić information content (AvgIpc) is 3.04. The largest absolute Gasteiger partial charge is 0.326 e. The minimum atomic E-state index is -3.79. The van der Waals surface area contributed by atoms with Gasteiger partial charge in [-0.15, -0.1) is 0 Å².